The minimum Gasteiger partial charge on any atom is -0.482 e. The standard InChI is InChI=1S/C18H19N3O4/c1-11(13-6-7-19-17(23)9-13)20-16(22)5-3-12-2-4-15-14(8-12)21-18(24)10-25-15/h2,4,6-9,11H,3,5,10H2,1H3,(H,19,23)(H,20,22)(H,21,24). The molecule has 130 valence electrons. The lowest BCUT2D eigenvalue weighted by Crippen LogP contribution is -2.27. The highest BCUT2D eigenvalue weighted by molar-refractivity contribution is 5.95. The summed E-state index contributed by atoms with van der Waals surface area (Å²) >= 11 is 0. The zero-order valence-corrected chi connectivity index (χ0v) is 13.8. The highest BCUT2D eigenvalue weighted by Gasteiger charge is 2.16. The van der Waals surface area contributed by atoms with Gasteiger partial charge in [-0.25, -0.2) is 0 Å². The Bertz CT molecular complexity index is 859. The van der Waals surface area contributed by atoms with E-state index in [9.17, 15) is 14.4 Å². The predicted octanol–water partition coefficient (Wildman–Crippen LogP) is 1.52. The van der Waals surface area contributed by atoms with Crippen LogP contribution in [0.2, 0.25) is 0 Å². The molecule has 7 heteroatoms. The van der Waals surface area contributed by atoms with E-state index in [0.717, 1.165) is 11.1 Å². The molecule has 2 aromatic rings. The first-order valence-electron chi connectivity index (χ1n) is 8.05. The average Bonchev–Trinajstić information content (AvgIpc) is 2.59. The number of hydrogen-bond acceptors (Lipinski definition) is 4. The van der Waals surface area contributed by atoms with E-state index in [0.29, 0.717) is 24.3 Å². The highest BCUT2D eigenvalue weighted by Crippen LogP contribution is 2.28. The molecule has 1 aromatic carbocycles. The summed E-state index contributed by atoms with van der Waals surface area (Å²) in [4.78, 5) is 37.4. The fraction of sp³-hybridized carbons (Fsp3) is 0.278. The molecule has 3 N–H and O–H groups in total. The van der Waals surface area contributed by atoms with Crippen LogP contribution < -0.4 is 20.9 Å². The number of H-pyrrole nitrogens is 1. The second kappa shape index (κ2) is 7.21. The first-order valence-corrected chi connectivity index (χ1v) is 8.05. The number of nitrogens with one attached hydrogen (secondary N) is 3. The fourth-order valence-electron chi connectivity index (χ4n) is 2.67. The Hall–Kier alpha value is -3.09. The second-order valence-corrected chi connectivity index (χ2v) is 5.94. The van der Waals surface area contributed by atoms with Gasteiger partial charge in [-0.2, -0.15) is 0 Å². The molecule has 1 unspecified atom stereocenters. The van der Waals surface area contributed by atoms with E-state index in [1.54, 1.807) is 18.3 Å². The Morgan fingerprint density at radius 3 is 2.92 bits per heavy atom. The predicted molar refractivity (Wildman–Crippen MR) is 92.5 cm³/mol. The van der Waals surface area contributed by atoms with Gasteiger partial charge < -0.3 is 20.4 Å². The van der Waals surface area contributed by atoms with Gasteiger partial charge in [-0.1, -0.05) is 6.07 Å². The van der Waals surface area contributed by atoms with E-state index in [1.807, 2.05) is 19.1 Å². The minimum absolute atomic E-state index is 0.0228. The van der Waals surface area contributed by atoms with Crippen LogP contribution in [0.5, 0.6) is 5.75 Å². The quantitative estimate of drug-likeness (QED) is 0.767. The van der Waals surface area contributed by atoms with Crippen molar-refractivity contribution in [3.05, 3.63) is 58.0 Å². The van der Waals surface area contributed by atoms with Gasteiger partial charge >= 0.3 is 0 Å². The van der Waals surface area contributed by atoms with Crippen LogP contribution in [0, 0.1) is 0 Å². The first-order chi connectivity index (χ1) is 12.0. The molecule has 0 radical (unpaired) electrons. The summed E-state index contributed by atoms with van der Waals surface area (Å²) in [6, 6.07) is 8.48. The number of aromatic nitrogens is 1. The number of aromatic amines is 1. The molecule has 1 atom stereocenters. The molecular weight excluding hydrogens is 322 g/mol. The Morgan fingerprint density at radius 1 is 1.28 bits per heavy atom. The number of fused-ring (bicyclic) bond motifs is 1. The Labute approximate surface area is 144 Å². The highest BCUT2D eigenvalue weighted by atomic mass is 16.5. The molecule has 2 amide bonds. The van der Waals surface area contributed by atoms with Crippen LogP contribution in [-0.2, 0) is 16.0 Å². The third-order valence-electron chi connectivity index (χ3n) is 3.99. The van der Waals surface area contributed by atoms with Gasteiger partial charge in [-0.05, 0) is 42.7 Å². The third-order valence-corrected chi connectivity index (χ3v) is 3.99. The van der Waals surface area contributed by atoms with Gasteiger partial charge in [0.2, 0.25) is 11.5 Å². The molecular formula is C18H19N3O4. The lowest BCUT2D eigenvalue weighted by molar-refractivity contribution is -0.121. The Morgan fingerprint density at radius 2 is 2.12 bits per heavy atom. The van der Waals surface area contributed by atoms with Crippen LogP contribution in [0.1, 0.15) is 30.5 Å². The van der Waals surface area contributed by atoms with Crippen molar-refractivity contribution in [3.8, 4) is 5.75 Å². The molecule has 1 aliphatic rings. The van der Waals surface area contributed by atoms with Crippen LogP contribution in [-0.4, -0.2) is 23.4 Å². The zero-order chi connectivity index (χ0) is 17.8. The summed E-state index contributed by atoms with van der Waals surface area (Å²) in [5.41, 5.74) is 2.12. The maximum Gasteiger partial charge on any atom is 0.262 e. The maximum absolute atomic E-state index is 12.1. The third kappa shape index (κ3) is 4.26. The second-order valence-electron chi connectivity index (χ2n) is 5.94. The summed E-state index contributed by atoms with van der Waals surface area (Å²) < 4.78 is 5.31. The number of pyridine rings is 1. The molecule has 0 saturated heterocycles. The van der Waals surface area contributed by atoms with Gasteiger partial charge in [-0.15, -0.1) is 0 Å². The molecule has 0 bridgehead atoms. The normalized spacial score (nSPS) is 14.0. The number of rotatable bonds is 5. The van der Waals surface area contributed by atoms with E-state index in [4.69, 9.17) is 4.74 Å². The fourth-order valence-corrected chi connectivity index (χ4v) is 2.67. The van der Waals surface area contributed by atoms with E-state index in [-0.39, 0.29) is 30.0 Å². The number of hydrogen-bond donors (Lipinski definition) is 3. The molecule has 0 aliphatic carbocycles. The van der Waals surface area contributed by atoms with Gasteiger partial charge in [0.05, 0.1) is 11.7 Å². The van der Waals surface area contributed by atoms with Crippen LogP contribution >= 0.6 is 0 Å². The van der Waals surface area contributed by atoms with Crippen molar-refractivity contribution in [1.29, 1.82) is 0 Å². The number of carbonyl (C=O) groups is 2. The van der Waals surface area contributed by atoms with Crippen molar-refractivity contribution in [1.82, 2.24) is 10.3 Å². The summed E-state index contributed by atoms with van der Waals surface area (Å²) in [6.07, 6.45) is 2.40. The van der Waals surface area contributed by atoms with Crippen LogP contribution in [0.4, 0.5) is 5.69 Å². The van der Waals surface area contributed by atoms with Crippen LogP contribution in [0.25, 0.3) is 0 Å². The number of anilines is 1. The summed E-state index contributed by atoms with van der Waals surface area (Å²) in [7, 11) is 0. The molecule has 0 fully saturated rings. The number of amides is 2. The SMILES string of the molecule is CC(NC(=O)CCc1ccc2c(c1)NC(=O)CO2)c1cc[nH]c(=O)c1. The minimum atomic E-state index is -0.244. The zero-order valence-electron chi connectivity index (χ0n) is 13.8. The van der Waals surface area contributed by atoms with Crippen molar-refractivity contribution in [2.24, 2.45) is 0 Å². The van der Waals surface area contributed by atoms with Gasteiger partial charge in [0.1, 0.15) is 5.75 Å². The summed E-state index contributed by atoms with van der Waals surface area (Å²) in [5, 5.41) is 5.63. The van der Waals surface area contributed by atoms with Crippen molar-refractivity contribution in [2.45, 2.75) is 25.8 Å². The smallest absolute Gasteiger partial charge is 0.262 e. The molecule has 3 rings (SSSR count). The van der Waals surface area contributed by atoms with Crippen molar-refractivity contribution >= 4 is 17.5 Å². The summed E-state index contributed by atoms with van der Waals surface area (Å²) in [6.45, 7) is 1.85. The van der Waals surface area contributed by atoms with Gasteiger partial charge in [0.15, 0.2) is 6.61 Å². The molecule has 0 saturated carbocycles. The molecule has 25 heavy (non-hydrogen) atoms. The Balaban J connectivity index is 1.56. The lowest BCUT2D eigenvalue weighted by Gasteiger charge is -2.18. The first kappa shape index (κ1) is 16.8. The van der Waals surface area contributed by atoms with Crippen LogP contribution in [0.15, 0.2) is 41.3 Å². The van der Waals surface area contributed by atoms with Gasteiger partial charge in [-0.3, -0.25) is 14.4 Å². The van der Waals surface area contributed by atoms with E-state index in [1.165, 1.54) is 6.07 Å². The van der Waals surface area contributed by atoms with E-state index in [2.05, 4.69) is 15.6 Å². The molecule has 1 aromatic heterocycles. The number of ether oxygens (including phenoxy) is 1. The topological polar surface area (TPSA) is 100 Å². The van der Waals surface area contributed by atoms with Gasteiger partial charge in [0, 0.05) is 18.7 Å². The Kier molecular flexibility index (Phi) is 4.83. The van der Waals surface area contributed by atoms with Crippen molar-refractivity contribution in [3.63, 3.8) is 0 Å². The molecule has 2 heterocycles. The molecule has 0 spiro atoms. The van der Waals surface area contributed by atoms with E-state index < -0.39 is 0 Å². The lowest BCUT2D eigenvalue weighted by atomic mass is 10.1. The monoisotopic (exact) mass is 341 g/mol. The van der Waals surface area contributed by atoms with Crippen molar-refractivity contribution < 1.29 is 14.3 Å². The van der Waals surface area contributed by atoms with Gasteiger partial charge in [0.25, 0.3) is 5.91 Å². The number of carbonyl (C=O) groups excluding carboxylic acids is 2. The number of benzene rings is 1. The summed E-state index contributed by atoms with van der Waals surface area (Å²) in [5.74, 6) is 0.343. The average molecular weight is 341 g/mol. The molecule has 1 aliphatic heterocycles. The largest absolute Gasteiger partial charge is 0.482 e. The number of aryl methyl sites for hydroxylation is 1. The van der Waals surface area contributed by atoms with Crippen LogP contribution in [0.3, 0.4) is 0 Å². The molecule has 7 nitrogen and oxygen atoms in total. The maximum atomic E-state index is 12.1. The van der Waals surface area contributed by atoms with E-state index >= 15 is 0 Å². The van der Waals surface area contributed by atoms with Crippen molar-refractivity contribution in [2.75, 3.05) is 11.9 Å².